The van der Waals surface area contributed by atoms with Gasteiger partial charge < -0.3 is 14.7 Å². The summed E-state index contributed by atoms with van der Waals surface area (Å²) >= 11 is 0. The predicted octanol–water partition coefficient (Wildman–Crippen LogP) is 2.02. The zero-order chi connectivity index (χ0) is 16.8. The summed E-state index contributed by atoms with van der Waals surface area (Å²) in [6.45, 7) is 1.93. The molecule has 1 aromatic heterocycles. The van der Waals surface area contributed by atoms with Crippen LogP contribution < -0.4 is 4.74 Å². The Labute approximate surface area is 133 Å². The number of carboxylic acid groups (broad SMARTS) is 1. The Hall–Kier alpha value is -2.83. The Morgan fingerprint density at radius 2 is 2.00 bits per heavy atom. The summed E-state index contributed by atoms with van der Waals surface area (Å²) in [6.07, 6.45) is 2.10. The molecule has 0 bridgehead atoms. The van der Waals surface area contributed by atoms with Crippen molar-refractivity contribution in [3.63, 3.8) is 0 Å². The van der Waals surface area contributed by atoms with Crippen molar-refractivity contribution >= 4 is 11.9 Å². The van der Waals surface area contributed by atoms with Crippen molar-refractivity contribution < 1.29 is 19.4 Å². The molecule has 0 spiro atoms. The number of carbonyl (C=O) groups excluding carboxylic acids is 1. The van der Waals surface area contributed by atoms with Crippen molar-refractivity contribution in [3.8, 4) is 17.0 Å². The van der Waals surface area contributed by atoms with Crippen LogP contribution in [0.1, 0.15) is 23.7 Å². The monoisotopic (exact) mass is 317 g/mol. The number of aromatic amines is 1. The van der Waals surface area contributed by atoms with E-state index in [-0.39, 0.29) is 12.5 Å². The molecule has 0 aliphatic carbocycles. The molecule has 0 saturated heterocycles. The summed E-state index contributed by atoms with van der Waals surface area (Å²) in [5.74, 6) is -0.685. The van der Waals surface area contributed by atoms with Crippen molar-refractivity contribution in [2.24, 2.45) is 0 Å². The molecule has 122 valence electrons. The average molecular weight is 317 g/mol. The number of hydrogen-bond donors (Lipinski definition) is 2. The number of amides is 1. The molecule has 23 heavy (non-hydrogen) atoms. The molecule has 0 atom stereocenters. The molecule has 1 heterocycles. The molecule has 0 aliphatic rings. The van der Waals surface area contributed by atoms with Gasteiger partial charge in [-0.15, -0.1) is 0 Å². The van der Waals surface area contributed by atoms with E-state index < -0.39 is 5.97 Å². The Balaban J connectivity index is 2.30. The van der Waals surface area contributed by atoms with E-state index in [0.717, 1.165) is 5.56 Å². The molecule has 0 saturated carbocycles. The number of nitrogens with zero attached hydrogens (tertiary/aromatic N) is 2. The lowest BCUT2D eigenvalue weighted by molar-refractivity contribution is -0.137. The largest absolute Gasteiger partial charge is 0.497 e. The van der Waals surface area contributed by atoms with Crippen LogP contribution >= 0.6 is 0 Å². The molecule has 0 fully saturated rings. The van der Waals surface area contributed by atoms with Crippen LogP contribution in [0.5, 0.6) is 5.75 Å². The maximum Gasteiger partial charge on any atom is 0.323 e. The molecule has 1 amide bonds. The molecule has 7 nitrogen and oxygen atoms in total. The van der Waals surface area contributed by atoms with Gasteiger partial charge in [-0.1, -0.05) is 6.92 Å². The smallest absolute Gasteiger partial charge is 0.323 e. The lowest BCUT2D eigenvalue weighted by Gasteiger charge is -2.19. The van der Waals surface area contributed by atoms with Crippen molar-refractivity contribution in [3.05, 3.63) is 36.0 Å². The maximum absolute atomic E-state index is 12.6. The third kappa shape index (κ3) is 3.88. The first-order chi connectivity index (χ1) is 11.1. The second kappa shape index (κ2) is 7.44. The molecular weight excluding hydrogens is 298 g/mol. The summed E-state index contributed by atoms with van der Waals surface area (Å²) in [4.78, 5) is 24.9. The molecule has 7 heteroatoms. The molecular formula is C16H19N3O4. The van der Waals surface area contributed by atoms with E-state index in [1.54, 1.807) is 19.2 Å². The van der Waals surface area contributed by atoms with Gasteiger partial charge in [0.05, 0.1) is 24.6 Å². The van der Waals surface area contributed by atoms with Crippen LogP contribution in [0, 0.1) is 0 Å². The standard InChI is InChI=1S/C16H19N3O4/c1-3-8-19(10-14(20)21)16(22)13-9-17-18-15(13)11-4-6-12(23-2)7-5-11/h4-7,9H,3,8,10H2,1-2H3,(H,17,18)(H,20,21). The fourth-order valence-corrected chi connectivity index (χ4v) is 2.28. The average Bonchev–Trinajstić information content (AvgIpc) is 3.03. The Morgan fingerprint density at radius 3 is 2.57 bits per heavy atom. The molecule has 2 aromatic rings. The van der Waals surface area contributed by atoms with E-state index in [0.29, 0.717) is 30.0 Å². The number of carbonyl (C=O) groups is 2. The third-order valence-electron chi connectivity index (χ3n) is 3.36. The fourth-order valence-electron chi connectivity index (χ4n) is 2.28. The zero-order valence-corrected chi connectivity index (χ0v) is 13.1. The lowest BCUT2D eigenvalue weighted by atomic mass is 10.1. The van der Waals surface area contributed by atoms with Crippen LogP contribution in [-0.2, 0) is 4.79 Å². The van der Waals surface area contributed by atoms with Crippen molar-refractivity contribution in [1.82, 2.24) is 15.1 Å². The van der Waals surface area contributed by atoms with Crippen molar-refractivity contribution in [2.45, 2.75) is 13.3 Å². The lowest BCUT2D eigenvalue weighted by Crippen LogP contribution is -2.36. The number of methoxy groups -OCH3 is 1. The van der Waals surface area contributed by atoms with Gasteiger partial charge in [-0.2, -0.15) is 5.10 Å². The maximum atomic E-state index is 12.6. The molecule has 2 N–H and O–H groups in total. The second-order valence-electron chi connectivity index (χ2n) is 5.01. The quantitative estimate of drug-likeness (QED) is 0.814. The van der Waals surface area contributed by atoms with Crippen molar-refractivity contribution in [2.75, 3.05) is 20.2 Å². The highest BCUT2D eigenvalue weighted by molar-refractivity contribution is 6.00. The van der Waals surface area contributed by atoms with Crippen LogP contribution in [0.25, 0.3) is 11.3 Å². The van der Waals surface area contributed by atoms with Crippen LogP contribution in [0.15, 0.2) is 30.5 Å². The topological polar surface area (TPSA) is 95.5 Å². The number of aliphatic carboxylic acids is 1. The summed E-state index contributed by atoms with van der Waals surface area (Å²) in [5, 5.41) is 15.7. The Bertz CT molecular complexity index is 679. The fraction of sp³-hybridized carbons (Fsp3) is 0.312. The number of benzene rings is 1. The van der Waals surface area contributed by atoms with E-state index in [4.69, 9.17) is 9.84 Å². The van der Waals surface area contributed by atoms with E-state index in [2.05, 4.69) is 10.2 Å². The van der Waals surface area contributed by atoms with Gasteiger partial charge in [-0.05, 0) is 30.7 Å². The van der Waals surface area contributed by atoms with Crippen LogP contribution in [0.3, 0.4) is 0 Å². The number of rotatable bonds is 7. The molecule has 2 rings (SSSR count). The number of hydrogen-bond acceptors (Lipinski definition) is 4. The molecule has 1 aromatic carbocycles. The number of H-pyrrole nitrogens is 1. The normalized spacial score (nSPS) is 10.3. The number of aromatic nitrogens is 2. The van der Waals surface area contributed by atoms with Gasteiger partial charge in [-0.3, -0.25) is 14.7 Å². The first kappa shape index (κ1) is 16.5. The molecule has 0 radical (unpaired) electrons. The predicted molar refractivity (Wildman–Crippen MR) is 84.4 cm³/mol. The van der Waals surface area contributed by atoms with Gasteiger partial charge in [0.25, 0.3) is 5.91 Å². The van der Waals surface area contributed by atoms with Gasteiger partial charge >= 0.3 is 5.97 Å². The van der Waals surface area contributed by atoms with Gasteiger partial charge in [0.1, 0.15) is 12.3 Å². The highest BCUT2D eigenvalue weighted by Crippen LogP contribution is 2.24. The second-order valence-corrected chi connectivity index (χ2v) is 5.01. The Kier molecular flexibility index (Phi) is 5.35. The third-order valence-corrected chi connectivity index (χ3v) is 3.36. The highest BCUT2D eigenvalue weighted by atomic mass is 16.5. The molecule has 0 unspecified atom stereocenters. The number of nitrogens with one attached hydrogen (secondary N) is 1. The number of ether oxygens (including phenoxy) is 1. The van der Waals surface area contributed by atoms with Crippen molar-refractivity contribution in [1.29, 1.82) is 0 Å². The van der Waals surface area contributed by atoms with E-state index in [1.807, 2.05) is 19.1 Å². The summed E-state index contributed by atoms with van der Waals surface area (Å²) in [6, 6.07) is 7.19. The summed E-state index contributed by atoms with van der Waals surface area (Å²) < 4.78 is 5.11. The van der Waals surface area contributed by atoms with Gasteiger partial charge in [-0.25, -0.2) is 0 Å². The SMILES string of the molecule is CCCN(CC(=O)O)C(=O)c1cn[nH]c1-c1ccc(OC)cc1. The van der Waals surface area contributed by atoms with E-state index in [9.17, 15) is 9.59 Å². The van der Waals surface area contributed by atoms with Gasteiger partial charge in [0.2, 0.25) is 0 Å². The Morgan fingerprint density at radius 1 is 1.30 bits per heavy atom. The number of carboxylic acids is 1. The van der Waals surface area contributed by atoms with Crippen LogP contribution in [0.4, 0.5) is 0 Å². The van der Waals surface area contributed by atoms with Crippen LogP contribution in [0.2, 0.25) is 0 Å². The van der Waals surface area contributed by atoms with E-state index in [1.165, 1.54) is 11.1 Å². The summed E-state index contributed by atoms with van der Waals surface area (Å²) in [7, 11) is 1.58. The first-order valence-electron chi connectivity index (χ1n) is 7.25. The molecule has 0 aliphatic heterocycles. The minimum Gasteiger partial charge on any atom is -0.497 e. The minimum atomic E-state index is -1.04. The van der Waals surface area contributed by atoms with E-state index >= 15 is 0 Å². The summed E-state index contributed by atoms with van der Waals surface area (Å²) in [5.41, 5.74) is 1.69. The highest BCUT2D eigenvalue weighted by Gasteiger charge is 2.22. The van der Waals surface area contributed by atoms with Gasteiger partial charge in [0.15, 0.2) is 0 Å². The minimum absolute atomic E-state index is 0.333. The zero-order valence-electron chi connectivity index (χ0n) is 13.1. The first-order valence-corrected chi connectivity index (χ1v) is 7.25. The van der Waals surface area contributed by atoms with Crippen LogP contribution in [-0.4, -0.2) is 52.3 Å². The van der Waals surface area contributed by atoms with Gasteiger partial charge in [0, 0.05) is 12.1 Å².